The van der Waals surface area contributed by atoms with E-state index in [0.29, 0.717) is 0 Å². The van der Waals surface area contributed by atoms with Gasteiger partial charge in [-0.05, 0) is 29.0 Å². The third-order valence-electron chi connectivity index (χ3n) is 3.23. The predicted molar refractivity (Wildman–Crippen MR) is 70.0 cm³/mol. The minimum atomic E-state index is -0.161. The van der Waals surface area contributed by atoms with Crippen LogP contribution in [0, 0.1) is 6.92 Å². The highest BCUT2D eigenvalue weighted by Crippen LogP contribution is 2.31. The molecule has 0 saturated heterocycles. The van der Waals surface area contributed by atoms with Crippen LogP contribution in [0.15, 0.2) is 18.2 Å². The molecule has 0 unspecified atom stereocenters. The monoisotopic (exact) mass is 220 g/mol. The lowest BCUT2D eigenvalue weighted by Gasteiger charge is -2.28. The average Bonchev–Trinajstić information content (AvgIpc) is 2.16. The van der Waals surface area contributed by atoms with Gasteiger partial charge in [0.1, 0.15) is 0 Å². The van der Waals surface area contributed by atoms with Crippen LogP contribution in [-0.4, -0.2) is 11.7 Å². The van der Waals surface area contributed by atoms with E-state index in [-0.39, 0.29) is 17.4 Å². The molecule has 0 spiro atoms. The molecule has 0 aromatic heterocycles. The molecule has 1 heteroatoms. The Morgan fingerprint density at radius 2 is 1.62 bits per heavy atom. The first-order chi connectivity index (χ1) is 7.18. The number of aryl methyl sites for hydroxylation is 1. The van der Waals surface area contributed by atoms with Gasteiger partial charge >= 0.3 is 0 Å². The Labute approximate surface area is 99.5 Å². The van der Waals surface area contributed by atoms with E-state index in [4.69, 9.17) is 0 Å². The van der Waals surface area contributed by atoms with Crippen molar-refractivity contribution in [1.29, 1.82) is 0 Å². The van der Waals surface area contributed by atoms with Crippen molar-refractivity contribution < 1.29 is 5.11 Å². The molecule has 0 atom stereocenters. The summed E-state index contributed by atoms with van der Waals surface area (Å²) in [6.45, 7) is 13.1. The van der Waals surface area contributed by atoms with Crippen LogP contribution in [0.25, 0.3) is 0 Å². The van der Waals surface area contributed by atoms with Gasteiger partial charge in [-0.2, -0.15) is 0 Å². The summed E-state index contributed by atoms with van der Waals surface area (Å²) < 4.78 is 0. The van der Waals surface area contributed by atoms with Gasteiger partial charge in [0.2, 0.25) is 0 Å². The molecule has 0 amide bonds. The Morgan fingerprint density at radius 3 is 2.06 bits per heavy atom. The number of hydrogen-bond acceptors (Lipinski definition) is 1. The van der Waals surface area contributed by atoms with Crippen LogP contribution in [0.2, 0.25) is 0 Å². The van der Waals surface area contributed by atoms with Crippen molar-refractivity contribution in [2.24, 2.45) is 0 Å². The maximum Gasteiger partial charge on any atom is 0.0522 e. The molecule has 0 aliphatic heterocycles. The van der Waals surface area contributed by atoms with Crippen LogP contribution >= 0.6 is 0 Å². The zero-order chi connectivity index (χ0) is 12.6. The van der Waals surface area contributed by atoms with Crippen molar-refractivity contribution >= 4 is 0 Å². The molecule has 1 N–H and O–H groups in total. The lowest BCUT2D eigenvalue weighted by molar-refractivity contribution is 0.218. The summed E-state index contributed by atoms with van der Waals surface area (Å²) in [7, 11) is 0. The van der Waals surface area contributed by atoms with E-state index in [1.807, 2.05) is 0 Å². The van der Waals surface area contributed by atoms with Gasteiger partial charge in [0.15, 0.2) is 0 Å². The quantitative estimate of drug-likeness (QED) is 0.808. The highest BCUT2D eigenvalue weighted by molar-refractivity contribution is 5.38. The van der Waals surface area contributed by atoms with Crippen LogP contribution in [-0.2, 0) is 10.8 Å². The fraction of sp³-hybridized carbons (Fsp3) is 0.600. The standard InChI is InChI=1S/C15H24O/c1-11-7-8-12(14(2,3)4)9-13(11)15(5,6)10-16/h7-9,16H,10H2,1-6H3. The molecule has 16 heavy (non-hydrogen) atoms. The van der Waals surface area contributed by atoms with Crippen molar-refractivity contribution in [2.45, 2.75) is 52.4 Å². The van der Waals surface area contributed by atoms with Crippen molar-refractivity contribution in [3.8, 4) is 0 Å². The number of aliphatic hydroxyl groups is 1. The fourth-order valence-electron chi connectivity index (χ4n) is 1.90. The molecular weight excluding hydrogens is 196 g/mol. The van der Waals surface area contributed by atoms with E-state index in [2.05, 4.69) is 59.7 Å². The topological polar surface area (TPSA) is 20.2 Å². The van der Waals surface area contributed by atoms with Gasteiger partial charge in [0.05, 0.1) is 6.61 Å². The SMILES string of the molecule is Cc1ccc(C(C)(C)C)cc1C(C)(C)CO. The Morgan fingerprint density at radius 1 is 1.06 bits per heavy atom. The summed E-state index contributed by atoms with van der Waals surface area (Å²) in [5.41, 5.74) is 3.84. The van der Waals surface area contributed by atoms with E-state index in [9.17, 15) is 5.11 Å². The molecule has 1 rings (SSSR count). The molecule has 1 aromatic carbocycles. The fourth-order valence-corrected chi connectivity index (χ4v) is 1.90. The van der Waals surface area contributed by atoms with E-state index in [1.165, 1.54) is 16.7 Å². The van der Waals surface area contributed by atoms with Crippen LogP contribution in [0.1, 0.15) is 51.3 Å². The van der Waals surface area contributed by atoms with E-state index in [0.717, 1.165) is 0 Å². The smallest absolute Gasteiger partial charge is 0.0522 e. The van der Waals surface area contributed by atoms with Gasteiger partial charge in [-0.1, -0.05) is 52.8 Å². The molecule has 0 aliphatic carbocycles. The molecule has 0 heterocycles. The molecule has 0 aliphatic rings. The largest absolute Gasteiger partial charge is 0.395 e. The maximum atomic E-state index is 9.47. The second-order valence-electron chi connectivity index (χ2n) is 6.32. The van der Waals surface area contributed by atoms with Crippen molar-refractivity contribution in [1.82, 2.24) is 0 Å². The first-order valence-corrected chi connectivity index (χ1v) is 5.91. The predicted octanol–water partition coefficient (Wildman–Crippen LogP) is 3.56. The number of benzene rings is 1. The Bertz CT molecular complexity index is 370. The number of rotatable bonds is 2. The molecule has 0 fully saturated rings. The summed E-state index contributed by atoms with van der Waals surface area (Å²) in [6, 6.07) is 6.59. The Hall–Kier alpha value is -0.820. The second kappa shape index (κ2) is 4.21. The maximum absolute atomic E-state index is 9.47. The summed E-state index contributed by atoms with van der Waals surface area (Å²) in [4.78, 5) is 0. The van der Waals surface area contributed by atoms with E-state index in [1.54, 1.807) is 0 Å². The van der Waals surface area contributed by atoms with Crippen LogP contribution in [0.5, 0.6) is 0 Å². The lowest BCUT2D eigenvalue weighted by atomic mass is 9.78. The van der Waals surface area contributed by atoms with Crippen molar-refractivity contribution in [3.05, 3.63) is 34.9 Å². The summed E-state index contributed by atoms with van der Waals surface area (Å²) in [5.74, 6) is 0. The van der Waals surface area contributed by atoms with E-state index >= 15 is 0 Å². The van der Waals surface area contributed by atoms with Crippen LogP contribution < -0.4 is 0 Å². The number of hydrogen-bond donors (Lipinski definition) is 1. The highest BCUT2D eigenvalue weighted by atomic mass is 16.3. The van der Waals surface area contributed by atoms with Gasteiger partial charge in [-0.25, -0.2) is 0 Å². The molecule has 90 valence electrons. The molecular formula is C15H24O. The molecule has 0 saturated carbocycles. The Kier molecular flexibility index (Phi) is 3.49. The second-order valence-corrected chi connectivity index (χ2v) is 6.32. The van der Waals surface area contributed by atoms with Gasteiger partial charge in [-0.15, -0.1) is 0 Å². The minimum Gasteiger partial charge on any atom is -0.395 e. The first-order valence-electron chi connectivity index (χ1n) is 5.91. The molecule has 0 radical (unpaired) electrons. The zero-order valence-electron chi connectivity index (χ0n) is 11.4. The first kappa shape index (κ1) is 13.2. The van der Waals surface area contributed by atoms with E-state index < -0.39 is 0 Å². The molecule has 1 aromatic rings. The third kappa shape index (κ3) is 2.65. The Balaban J connectivity index is 3.30. The summed E-state index contributed by atoms with van der Waals surface area (Å²) in [5, 5.41) is 9.47. The van der Waals surface area contributed by atoms with Gasteiger partial charge in [0.25, 0.3) is 0 Å². The van der Waals surface area contributed by atoms with Gasteiger partial charge in [0, 0.05) is 5.41 Å². The normalized spacial score (nSPS) is 12.9. The third-order valence-corrected chi connectivity index (χ3v) is 3.23. The van der Waals surface area contributed by atoms with Crippen LogP contribution in [0.3, 0.4) is 0 Å². The lowest BCUT2D eigenvalue weighted by Crippen LogP contribution is -2.24. The van der Waals surface area contributed by atoms with Gasteiger partial charge in [-0.3, -0.25) is 0 Å². The van der Waals surface area contributed by atoms with Crippen molar-refractivity contribution in [2.75, 3.05) is 6.61 Å². The summed E-state index contributed by atoms with van der Waals surface area (Å²) in [6.07, 6.45) is 0. The highest BCUT2D eigenvalue weighted by Gasteiger charge is 2.23. The van der Waals surface area contributed by atoms with Crippen LogP contribution in [0.4, 0.5) is 0 Å². The zero-order valence-corrected chi connectivity index (χ0v) is 11.4. The molecule has 0 bridgehead atoms. The van der Waals surface area contributed by atoms with Gasteiger partial charge < -0.3 is 5.11 Å². The minimum absolute atomic E-state index is 0.161. The van der Waals surface area contributed by atoms with Crippen molar-refractivity contribution in [3.63, 3.8) is 0 Å². The average molecular weight is 220 g/mol. The summed E-state index contributed by atoms with van der Waals surface area (Å²) >= 11 is 0. The molecule has 1 nitrogen and oxygen atoms in total. The number of aliphatic hydroxyl groups excluding tert-OH is 1.